The molecule has 1 aromatic carbocycles. The highest BCUT2D eigenvalue weighted by Gasteiger charge is 2.06. The molecule has 0 unspecified atom stereocenters. The minimum Gasteiger partial charge on any atom is -0.493 e. The quantitative estimate of drug-likeness (QED) is 0.814. The number of carbonyl (C=O) groups is 1. The molecule has 0 spiro atoms. The Morgan fingerprint density at radius 2 is 2.16 bits per heavy atom. The Morgan fingerprint density at radius 1 is 1.42 bits per heavy atom. The number of nitrogens with one attached hydrogen (secondary N) is 1. The number of nitrogens with two attached hydrogens (primary N) is 1. The summed E-state index contributed by atoms with van der Waals surface area (Å²) in [6.07, 6.45) is 0.253. The fraction of sp³-hybridized carbons (Fsp3) is 0.250. The molecule has 6 nitrogen and oxygen atoms in total. The Bertz CT molecular complexity index is 553. The lowest BCUT2D eigenvalue weighted by Gasteiger charge is -2.05. The average Bonchev–Trinajstić information content (AvgIpc) is 2.77. The molecule has 0 radical (unpaired) electrons. The van der Waals surface area contributed by atoms with Crippen molar-refractivity contribution in [1.82, 2.24) is 9.36 Å². The van der Waals surface area contributed by atoms with Gasteiger partial charge in [-0.3, -0.25) is 4.79 Å². The second-order valence-electron chi connectivity index (χ2n) is 3.86. The summed E-state index contributed by atoms with van der Waals surface area (Å²) in [5, 5.41) is 3.17. The summed E-state index contributed by atoms with van der Waals surface area (Å²) in [7, 11) is 0. The van der Waals surface area contributed by atoms with Gasteiger partial charge < -0.3 is 15.8 Å². The van der Waals surface area contributed by atoms with Crippen molar-refractivity contribution in [2.75, 3.05) is 17.7 Å². The number of anilines is 2. The normalized spacial score (nSPS) is 10.2. The first-order valence-electron chi connectivity index (χ1n) is 5.72. The van der Waals surface area contributed by atoms with Crippen molar-refractivity contribution in [3.05, 3.63) is 30.1 Å². The molecule has 1 amide bonds. The van der Waals surface area contributed by atoms with Crippen LogP contribution in [0.2, 0.25) is 0 Å². The molecule has 2 aromatic rings. The molecular formula is C12H14N4O2S. The summed E-state index contributed by atoms with van der Waals surface area (Å²) in [6.45, 7) is 2.07. The van der Waals surface area contributed by atoms with Crippen LogP contribution in [-0.2, 0) is 4.79 Å². The van der Waals surface area contributed by atoms with Crippen molar-refractivity contribution in [2.24, 2.45) is 0 Å². The van der Waals surface area contributed by atoms with E-state index in [9.17, 15) is 4.79 Å². The Balaban J connectivity index is 1.73. The van der Waals surface area contributed by atoms with Gasteiger partial charge in [0.2, 0.25) is 11.0 Å². The van der Waals surface area contributed by atoms with E-state index in [1.807, 2.05) is 0 Å². The van der Waals surface area contributed by atoms with Gasteiger partial charge in [-0.25, -0.2) is 4.98 Å². The molecule has 0 atom stereocenters. The topological polar surface area (TPSA) is 90.1 Å². The van der Waals surface area contributed by atoms with E-state index in [-0.39, 0.29) is 12.3 Å². The van der Waals surface area contributed by atoms with Crippen molar-refractivity contribution in [1.29, 1.82) is 0 Å². The molecule has 2 rings (SSSR count). The van der Waals surface area contributed by atoms with E-state index in [1.165, 1.54) is 0 Å². The lowest BCUT2D eigenvalue weighted by atomic mass is 10.3. The first-order chi connectivity index (χ1) is 9.13. The SMILES string of the molecule is Cc1nsc(NC(=O)CCOc2ccc(N)cc2)n1. The van der Waals surface area contributed by atoms with Gasteiger partial charge in [-0.15, -0.1) is 0 Å². The van der Waals surface area contributed by atoms with Crippen LogP contribution < -0.4 is 15.8 Å². The van der Waals surface area contributed by atoms with Crippen molar-refractivity contribution in [2.45, 2.75) is 13.3 Å². The number of nitrogen functional groups attached to an aromatic ring is 1. The van der Waals surface area contributed by atoms with E-state index < -0.39 is 0 Å². The molecule has 19 heavy (non-hydrogen) atoms. The van der Waals surface area contributed by atoms with Gasteiger partial charge in [0.25, 0.3) is 0 Å². The predicted octanol–water partition coefficient (Wildman–Crippen LogP) is 1.84. The van der Waals surface area contributed by atoms with Crippen LogP contribution in [0, 0.1) is 6.92 Å². The van der Waals surface area contributed by atoms with Crippen LogP contribution in [0.1, 0.15) is 12.2 Å². The highest BCUT2D eigenvalue weighted by atomic mass is 32.1. The smallest absolute Gasteiger partial charge is 0.229 e. The maximum absolute atomic E-state index is 11.6. The third kappa shape index (κ3) is 4.22. The van der Waals surface area contributed by atoms with Crippen molar-refractivity contribution in [3.8, 4) is 5.75 Å². The van der Waals surface area contributed by atoms with Crippen LogP contribution in [0.4, 0.5) is 10.8 Å². The number of ether oxygens (including phenoxy) is 1. The molecule has 0 fully saturated rings. The van der Waals surface area contributed by atoms with Crippen LogP contribution >= 0.6 is 11.5 Å². The molecule has 0 bridgehead atoms. The Morgan fingerprint density at radius 3 is 2.79 bits per heavy atom. The summed E-state index contributed by atoms with van der Waals surface area (Å²) in [5.41, 5.74) is 6.24. The number of aromatic nitrogens is 2. The van der Waals surface area contributed by atoms with E-state index in [2.05, 4.69) is 14.7 Å². The summed E-state index contributed by atoms with van der Waals surface area (Å²) in [6, 6.07) is 7.03. The van der Waals surface area contributed by atoms with E-state index >= 15 is 0 Å². The zero-order valence-electron chi connectivity index (χ0n) is 10.4. The summed E-state index contributed by atoms with van der Waals surface area (Å²) < 4.78 is 9.40. The van der Waals surface area contributed by atoms with E-state index in [1.54, 1.807) is 31.2 Å². The second kappa shape index (κ2) is 6.14. The Labute approximate surface area is 114 Å². The number of carbonyl (C=O) groups excluding carboxylic acids is 1. The summed E-state index contributed by atoms with van der Waals surface area (Å²) >= 11 is 1.16. The molecule has 1 aromatic heterocycles. The maximum atomic E-state index is 11.6. The molecule has 0 saturated heterocycles. The van der Waals surface area contributed by atoms with Gasteiger partial charge in [0.15, 0.2) is 0 Å². The fourth-order valence-electron chi connectivity index (χ4n) is 1.36. The van der Waals surface area contributed by atoms with E-state index in [0.717, 1.165) is 11.5 Å². The van der Waals surface area contributed by atoms with Crippen molar-refractivity contribution < 1.29 is 9.53 Å². The number of nitrogens with zero attached hydrogens (tertiary/aromatic N) is 2. The van der Waals surface area contributed by atoms with Gasteiger partial charge in [-0.05, 0) is 31.2 Å². The van der Waals surface area contributed by atoms with E-state index in [0.29, 0.717) is 29.0 Å². The van der Waals surface area contributed by atoms with Gasteiger partial charge in [0.05, 0.1) is 13.0 Å². The van der Waals surface area contributed by atoms with Gasteiger partial charge >= 0.3 is 0 Å². The van der Waals surface area contributed by atoms with Crippen molar-refractivity contribution in [3.63, 3.8) is 0 Å². The largest absolute Gasteiger partial charge is 0.493 e. The second-order valence-corrected chi connectivity index (χ2v) is 4.61. The van der Waals surface area contributed by atoms with Crippen LogP contribution in [0.3, 0.4) is 0 Å². The number of benzene rings is 1. The third-order valence-corrected chi connectivity index (χ3v) is 2.97. The maximum Gasteiger partial charge on any atom is 0.229 e. The van der Waals surface area contributed by atoms with Gasteiger partial charge in [-0.1, -0.05) is 0 Å². The zero-order chi connectivity index (χ0) is 13.7. The standard InChI is InChI=1S/C12H14N4O2S/c1-8-14-12(19-16-8)15-11(17)6-7-18-10-4-2-9(13)3-5-10/h2-5H,6-7,13H2,1H3,(H,14,15,16,17). The predicted molar refractivity (Wildman–Crippen MR) is 74.2 cm³/mol. The molecule has 0 saturated carbocycles. The lowest BCUT2D eigenvalue weighted by molar-refractivity contribution is -0.116. The Hall–Kier alpha value is -2.15. The highest BCUT2D eigenvalue weighted by molar-refractivity contribution is 7.09. The fourth-order valence-corrected chi connectivity index (χ4v) is 1.95. The molecular weight excluding hydrogens is 264 g/mol. The number of hydrogen-bond donors (Lipinski definition) is 2. The number of aryl methyl sites for hydroxylation is 1. The molecule has 0 aliphatic heterocycles. The van der Waals surface area contributed by atoms with Gasteiger partial charge in [0, 0.05) is 17.2 Å². The lowest BCUT2D eigenvalue weighted by Crippen LogP contribution is -2.15. The van der Waals surface area contributed by atoms with Crippen LogP contribution in [0.15, 0.2) is 24.3 Å². The van der Waals surface area contributed by atoms with Gasteiger partial charge in [0.1, 0.15) is 11.6 Å². The van der Waals surface area contributed by atoms with E-state index in [4.69, 9.17) is 10.5 Å². The molecule has 0 aliphatic rings. The number of amides is 1. The monoisotopic (exact) mass is 278 g/mol. The van der Waals surface area contributed by atoms with Crippen LogP contribution in [0.25, 0.3) is 0 Å². The minimum atomic E-state index is -0.147. The highest BCUT2D eigenvalue weighted by Crippen LogP contribution is 2.14. The summed E-state index contributed by atoms with van der Waals surface area (Å²) in [4.78, 5) is 15.6. The first kappa shape index (κ1) is 13.3. The molecule has 3 N–H and O–H groups in total. The van der Waals surface area contributed by atoms with Gasteiger partial charge in [-0.2, -0.15) is 4.37 Å². The molecule has 7 heteroatoms. The molecule has 0 aliphatic carbocycles. The third-order valence-electron chi connectivity index (χ3n) is 2.25. The molecule has 1 heterocycles. The van der Waals surface area contributed by atoms with Crippen molar-refractivity contribution >= 4 is 28.3 Å². The summed E-state index contributed by atoms with van der Waals surface area (Å²) in [5.74, 6) is 1.19. The minimum absolute atomic E-state index is 0.147. The zero-order valence-corrected chi connectivity index (χ0v) is 11.2. The number of hydrogen-bond acceptors (Lipinski definition) is 6. The number of rotatable bonds is 5. The van der Waals surface area contributed by atoms with Crippen LogP contribution in [0.5, 0.6) is 5.75 Å². The Kier molecular flexibility index (Phi) is 4.30. The first-order valence-corrected chi connectivity index (χ1v) is 6.49. The average molecular weight is 278 g/mol. The molecule has 100 valence electrons. The van der Waals surface area contributed by atoms with Crippen LogP contribution in [-0.4, -0.2) is 21.9 Å².